The van der Waals surface area contributed by atoms with E-state index in [0.29, 0.717) is 0 Å². The number of para-hydroxylation sites is 3. The number of benzene rings is 7. The third kappa shape index (κ3) is 3.58. The lowest BCUT2D eigenvalue weighted by Crippen LogP contribution is -2.17. The van der Waals surface area contributed by atoms with Gasteiger partial charge in [-0.1, -0.05) is 119 Å². The largest absolute Gasteiger partial charge is 0.454 e. The average molecular weight is 618 g/mol. The number of nitrogens with zero attached hydrogens (tertiary/aromatic N) is 1. The van der Waals surface area contributed by atoms with E-state index in [9.17, 15) is 0 Å². The molecular weight excluding hydrogens is 583 g/mol. The van der Waals surface area contributed by atoms with Gasteiger partial charge in [-0.15, -0.1) is 0 Å². The summed E-state index contributed by atoms with van der Waals surface area (Å²) in [6.45, 7) is 9.58. The summed E-state index contributed by atoms with van der Waals surface area (Å²) in [6.07, 6.45) is 0. The highest BCUT2D eigenvalue weighted by molar-refractivity contribution is 6.10. The highest BCUT2D eigenvalue weighted by Crippen LogP contribution is 2.58. The van der Waals surface area contributed by atoms with Crippen LogP contribution in [0.5, 0.6) is 0 Å². The Morgan fingerprint density at radius 3 is 1.94 bits per heavy atom. The van der Waals surface area contributed by atoms with Gasteiger partial charge in [-0.2, -0.15) is 0 Å². The molecule has 0 bridgehead atoms. The number of rotatable bonds is 3. The third-order valence-electron chi connectivity index (χ3n) is 11.2. The molecule has 0 saturated carbocycles. The summed E-state index contributed by atoms with van der Waals surface area (Å²) >= 11 is 0. The predicted molar refractivity (Wildman–Crippen MR) is 201 cm³/mol. The molecule has 2 heteroatoms. The van der Waals surface area contributed by atoms with Crippen molar-refractivity contribution in [1.82, 2.24) is 0 Å². The Balaban J connectivity index is 1.16. The van der Waals surface area contributed by atoms with Gasteiger partial charge >= 0.3 is 0 Å². The Bertz CT molecular complexity index is 2620. The van der Waals surface area contributed by atoms with Gasteiger partial charge in [0.1, 0.15) is 5.58 Å². The number of hydrogen-bond donors (Lipinski definition) is 0. The van der Waals surface area contributed by atoms with Crippen LogP contribution in [0.25, 0.3) is 55.0 Å². The Morgan fingerprint density at radius 1 is 0.458 bits per heavy atom. The minimum Gasteiger partial charge on any atom is -0.454 e. The monoisotopic (exact) mass is 617 g/mol. The highest BCUT2D eigenvalue weighted by Gasteiger charge is 2.42. The van der Waals surface area contributed by atoms with Crippen LogP contribution in [-0.4, -0.2) is 0 Å². The summed E-state index contributed by atoms with van der Waals surface area (Å²) in [7, 11) is 0. The molecule has 2 aliphatic carbocycles. The van der Waals surface area contributed by atoms with E-state index in [1.807, 2.05) is 6.07 Å². The summed E-state index contributed by atoms with van der Waals surface area (Å²) in [5, 5.41) is 4.94. The molecule has 0 unspecified atom stereocenters. The fourth-order valence-electron chi connectivity index (χ4n) is 8.86. The van der Waals surface area contributed by atoms with Crippen LogP contribution in [0.15, 0.2) is 144 Å². The van der Waals surface area contributed by atoms with Gasteiger partial charge in [0.15, 0.2) is 5.58 Å². The van der Waals surface area contributed by atoms with Crippen molar-refractivity contribution in [1.29, 1.82) is 0 Å². The fourth-order valence-corrected chi connectivity index (χ4v) is 8.86. The third-order valence-corrected chi connectivity index (χ3v) is 11.2. The minimum absolute atomic E-state index is 0.0945. The van der Waals surface area contributed by atoms with Gasteiger partial charge in [0.2, 0.25) is 0 Å². The molecule has 0 saturated heterocycles. The summed E-state index contributed by atoms with van der Waals surface area (Å²) in [5.41, 5.74) is 15.9. The van der Waals surface area contributed by atoms with Crippen LogP contribution in [0, 0.1) is 0 Å². The van der Waals surface area contributed by atoms with Crippen LogP contribution in [0.3, 0.4) is 0 Å². The maximum absolute atomic E-state index is 6.57. The zero-order valence-electron chi connectivity index (χ0n) is 27.6. The molecule has 0 atom stereocenters. The van der Waals surface area contributed by atoms with E-state index in [2.05, 4.69) is 166 Å². The first-order valence-electron chi connectivity index (χ1n) is 16.9. The molecule has 0 amide bonds. The van der Waals surface area contributed by atoms with Gasteiger partial charge < -0.3 is 9.32 Å². The van der Waals surface area contributed by atoms with E-state index < -0.39 is 0 Å². The van der Waals surface area contributed by atoms with E-state index in [-0.39, 0.29) is 10.8 Å². The first-order chi connectivity index (χ1) is 23.3. The van der Waals surface area contributed by atoms with Crippen molar-refractivity contribution in [2.45, 2.75) is 38.5 Å². The number of anilines is 3. The topological polar surface area (TPSA) is 16.4 Å². The lowest BCUT2D eigenvalue weighted by atomic mass is 9.78. The molecule has 0 spiro atoms. The molecule has 0 radical (unpaired) electrons. The smallest absolute Gasteiger partial charge is 0.159 e. The van der Waals surface area contributed by atoms with Crippen LogP contribution in [-0.2, 0) is 10.8 Å². The lowest BCUT2D eigenvalue weighted by molar-refractivity contribution is 0.654. The second-order valence-electron chi connectivity index (χ2n) is 14.6. The Kier molecular flexibility index (Phi) is 5.44. The Morgan fingerprint density at radius 2 is 1.10 bits per heavy atom. The number of fused-ring (bicyclic) bond motifs is 11. The average Bonchev–Trinajstić information content (AvgIpc) is 3.68. The zero-order chi connectivity index (χ0) is 32.4. The van der Waals surface area contributed by atoms with Crippen molar-refractivity contribution in [3.63, 3.8) is 0 Å². The van der Waals surface area contributed by atoms with Gasteiger partial charge in [0.25, 0.3) is 0 Å². The molecule has 2 aliphatic rings. The van der Waals surface area contributed by atoms with E-state index >= 15 is 0 Å². The summed E-state index contributed by atoms with van der Waals surface area (Å²) in [6, 6.07) is 51.0. The highest BCUT2D eigenvalue weighted by atomic mass is 16.3. The van der Waals surface area contributed by atoms with Crippen molar-refractivity contribution >= 4 is 49.8 Å². The zero-order valence-corrected chi connectivity index (χ0v) is 27.6. The van der Waals surface area contributed by atoms with Crippen molar-refractivity contribution in [2.75, 3.05) is 4.90 Å². The number of furan rings is 1. The first-order valence-corrected chi connectivity index (χ1v) is 16.9. The van der Waals surface area contributed by atoms with E-state index in [4.69, 9.17) is 4.42 Å². The van der Waals surface area contributed by atoms with Gasteiger partial charge in [-0.05, 0) is 104 Å². The minimum atomic E-state index is -0.173. The van der Waals surface area contributed by atoms with Crippen LogP contribution in [0.2, 0.25) is 0 Å². The van der Waals surface area contributed by atoms with Crippen LogP contribution in [0.4, 0.5) is 17.1 Å². The number of hydrogen-bond acceptors (Lipinski definition) is 2. The van der Waals surface area contributed by atoms with Gasteiger partial charge in [-0.3, -0.25) is 0 Å². The van der Waals surface area contributed by atoms with Crippen molar-refractivity contribution < 1.29 is 4.42 Å². The molecule has 7 aromatic carbocycles. The van der Waals surface area contributed by atoms with Gasteiger partial charge in [0.05, 0.1) is 5.69 Å². The lowest BCUT2D eigenvalue weighted by Gasteiger charge is -2.28. The maximum Gasteiger partial charge on any atom is 0.159 e. The first kappa shape index (κ1) is 27.5. The van der Waals surface area contributed by atoms with E-state index in [1.54, 1.807) is 0 Å². The van der Waals surface area contributed by atoms with Crippen molar-refractivity contribution in [3.8, 4) is 22.3 Å². The Hall–Kier alpha value is -5.60. The SMILES string of the molecule is CC1(C)c2cc(N(c3ccccc3)c3cccc4c3oc3ccccc34)ccc2-c2cc3c(cc21)-c1ccc2ccccc2c1C3(C)C. The predicted octanol–water partition coefficient (Wildman–Crippen LogP) is 12.8. The second kappa shape index (κ2) is 9.49. The van der Waals surface area contributed by atoms with Crippen LogP contribution < -0.4 is 4.90 Å². The van der Waals surface area contributed by atoms with Gasteiger partial charge in [-0.25, -0.2) is 0 Å². The quantitative estimate of drug-likeness (QED) is 0.196. The molecule has 8 aromatic rings. The van der Waals surface area contributed by atoms with Crippen molar-refractivity contribution in [3.05, 3.63) is 162 Å². The molecule has 48 heavy (non-hydrogen) atoms. The second-order valence-corrected chi connectivity index (χ2v) is 14.6. The molecule has 1 heterocycles. The van der Waals surface area contributed by atoms with Gasteiger partial charge in [0, 0.05) is 33.0 Å². The molecule has 0 aliphatic heterocycles. The molecular formula is C46H35NO. The fraction of sp³-hybridized carbons (Fsp3) is 0.130. The Labute approximate surface area is 280 Å². The van der Waals surface area contributed by atoms with E-state index in [1.165, 1.54) is 55.3 Å². The molecule has 0 N–H and O–H groups in total. The molecule has 1 aromatic heterocycles. The van der Waals surface area contributed by atoms with Crippen LogP contribution >= 0.6 is 0 Å². The summed E-state index contributed by atoms with van der Waals surface area (Å²) in [5.74, 6) is 0. The summed E-state index contributed by atoms with van der Waals surface area (Å²) in [4.78, 5) is 2.36. The van der Waals surface area contributed by atoms with Crippen LogP contribution in [0.1, 0.15) is 49.9 Å². The van der Waals surface area contributed by atoms with E-state index in [0.717, 1.165) is 39.0 Å². The molecule has 230 valence electrons. The molecule has 2 nitrogen and oxygen atoms in total. The maximum atomic E-state index is 6.57. The van der Waals surface area contributed by atoms with Crippen molar-refractivity contribution in [2.24, 2.45) is 0 Å². The standard InChI is InChI=1S/C46H35NO/c1-45(2)38-25-30(47(29-14-6-5-7-15-29)41-19-12-18-35-33-17-10-11-20-42(33)48-44(35)41)22-24-32(38)36-26-40-37(27-39(36)45)34-23-21-28-13-8-9-16-31(28)43(34)46(40,3)4/h5-27H,1-4H3. The molecule has 10 rings (SSSR count). The summed E-state index contributed by atoms with van der Waals surface area (Å²) < 4.78 is 6.57. The molecule has 0 fully saturated rings. The normalized spacial score (nSPS) is 15.0.